The molecule has 0 saturated carbocycles. The Bertz CT molecular complexity index is 1260. The number of hydrogen-bond donors (Lipinski definition) is 3. The van der Waals surface area contributed by atoms with E-state index >= 15 is 0 Å². The average molecular weight is 469 g/mol. The van der Waals surface area contributed by atoms with Gasteiger partial charge in [0.25, 0.3) is 0 Å². The monoisotopic (exact) mass is 468 g/mol. The van der Waals surface area contributed by atoms with E-state index in [0.717, 1.165) is 0 Å². The van der Waals surface area contributed by atoms with E-state index < -0.39 is 35.8 Å². The van der Waals surface area contributed by atoms with E-state index in [1.165, 1.54) is 30.3 Å². The van der Waals surface area contributed by atoms with Crippen LogP contribution in [-0.2, 0) is 0 Å². The van der Waals surface area contributed by atoms with Crippen LogP contribution in [-0.4, -0.2) is 27.1 Å². The van der Waals surface area contributed by atoms with E-state index in [1.54, 1.807) is 13.8 Å². The third-order valence-electron chi connectivity index (χ3n) is 6.15. The fourth-order valence-corrected chi connectivity index (χ4v) is 4.61. The summed E-state index contributed by atoms with van der Waals surface area (Å²) in [5, 5.41) is 28.6. The van der Waals surface area contributed by atoms with Gasteiger partial charge in [0.1, 0.15) is 5.75 Å². The number of nitrogens with one attached hydrogen (secondary N) is 1. The number of aliphatic hydroxyl groups is 1. The van der Waals surface area contributed by atoms with Crippen LogP contribution in [0.1, 0.15) is 48.5 Å². The Morgan fingerprint density at radius 1 is 1.28 bits per heavy atom. The maximum absolute atomic E-state index is 14.2. The zero-order valence-corrected chi connectivity index (χ0v) is 17.9. The smallest absolute Gasteiger partial charge is 0.419 e. The van der Waals surface area contributed by atoms with Crippen molar-refractivity contribution in [1.82, 2.24) is 5.16 Å². The molecule has 1 unspecified atom stereocenters. The average Bonchev–Trinajstić information content (AvgIpc) is 2.74. The van der Waals surface area contributed by atoms with Crippen LogP contribution in [0, 0.1) is 6.92 Å². The molecule has 10 heteroatoms. The van der Waals surface area contributed by atoms with Gasteiger partial charge in [0, 0.05) is 16.6 Å². The van der Waals surface area contributed by atoms with Crippen molar-refractivity contribution in [1.29, 1.82) is 0 Å². The van der Waals surface area contributed by atoms with Crippen molar-refractivity contribution < 1.29 is 27.9 Å². The SMILES string of the molecule is CC[C@@H]1C[C@](O)(C(F)(F)F)C(Nc2ccc3c(=O)onc(C)c3c2)c2ccc(Cl)c(O)c21. The van der Waals surface area contributed by atoms with E-state index in [2.05, 4.69) is 15.0 Å². The summed E-state index contributed by atoms with van der Waals surface area (Å²) in [7, 11) is 0. The van der Waals surface area contributed by atoms with Gasteiger partial charge in [-0.2, -0.15) is 13.2 Å². The summed E-state index contributed by atoms with van der Waals surface area (Å²) in [4.78, 5) is 11.9. The first-order chi connectivity index (χ1) is 15.0. The fraction of sp³-hybridized carbons (Fsp3) is 0.364. The van der Waals surface area contributed by atoms with E-state index in [0.29, 0.717) is 11.1 Å². The minimum absolute atomic E-state index is 0.0255. The molecule has 0 fully saturated rings. The summed E-state index contributed by atoms with van der Waals surface area (Å²) in [6.07, 6.45) is -5.34. The van der Waals surface area contributed by atoms with Crippen molar-refractivity contribution in [3.63, 3.8) is 0 Å². The number of aryl methyl sites for hydroxylation is 1. The molecule has 0 bridgehead atoms. The van der Waals surface area contributed by atoms with Gasteiger partial charge in [-0.25, -0.2) is 4.79 Å². The lowest BCUT2D eigenvalue weighted by Gasteiger charge is -2.46. The molecule has 1 aromatic heterocycles. The zero-order chi connectivity index (χ0) is 23.4. The number of fused-ring (bicyclic) bond motifs is 2. The number of phenolic OH excluding ortho intramolecular Hbond substituents is 1. The van der Waals surface area contributed by atoms with Crippen LogP contribution < -0.4 is 10.9 Å². The maximum atomic E-state index is 14.2. The highest BCUT2D eigenvalue weighted by atomic mass is 35.5. The molecular formula is C22H20ClF3N2O4. The van der Waals surface area contributed by atoms with Gasteiger partial charge in [0.2, 0.25) is 0 Å². The molecule has 3 aromatic rings. The normalized spacial score (nSPS) is 23.2. The molecule has 1 aliphatic rings. The number of alkyl halides is 3. The van der Waals surface area contributed by atoms with E-state index in [4.69, 9.17) is 11.6 Å². The first-order valence-electron chi connectivity index (χ1n) is 9.95. The molecule has 0 aliphatic heterocycles. The van der Waals surface area contributed by atoms with Crippen LogP contribution in [0.25, 0.3) is 10.8 Å². The molecule has 3 N–H and O–H groups in total. The van der Waals surface area contributed by atoms with Crippen molar-refractivity contribution in [2.75, 3.05) is 5.32 Å². The van der Waals surface area contributed by atoms with E-state index in [9.17, 15) is 28.2 Å². The number of rotatable bonds is 3. The second kappa shape index (κ2) is 7.67. The number of halogens is 4. The largest absolute Gasteiger partial charge is 0.506 e. The number of aromatic nitrogens is 1. The van der Waals surface area contributed by atoms with Gasteiger partial charge in [-0.05, 0) is 55.5 Å². The summed E-state index contributed by atoms with van der Waals surface area (Å²) in [5.41, 5.74) is -2.78. The standard InChI is InChI=1S/C22H20ClF3N2O4/c1-3-11-9-21(31,22(24,25)26)19(14-6-7-16(23)18(29)17(11)14)27-12-4-5-13-15(8-12)10(2)28-32-20(13)30/h4-8,11,19,27,29,31H,3,9H2,1-2H3/t11-,19?,21-/m1/s1. The third-order valence-corrected chi connectivity index (χ3v) is 6.45. The number of phenols is 1. The lowest BCUT2D eigenvalue weighted by molar-refractivity contribution is -0.272. The Hall–Kier alpha value is -2.78. The topological polar surface area (TPSA) is 95.6 Å². The highest BCUT2D eigenvalue weighted by molar-refractivity contribution is 6.32. The van der Waals surface area contributed by atoms with Gasteiger partial charge in [0.05, 0.1) is 22.1 Å². The van der Waals surface area contributed by atoms with Crippen molar-refractivity contribution in [2.24, 2.45) is 0 Å². The minimum Gasteiger partial charge on any atom is -0.506 e. The Labute approximate surface area is 185 Å². The Kier molecular flexibility index (Phi) is 5.37. The number of aromatic hydroxyl groups is 1. The van der Waals surface area contributed by atoms with Crippen LogP contribution >= 0.6 is 11.6 Å². The minimum atomic E-state index is -4.96. The first kappa shape index (κ1) is 22.4. The predicted octanol–water partition coefficient (Wildman–Crippen LogP) is 5.20. The van der Waals surface area contributed by atoms with Crippen LogP contribution in [0.4, 0.5) is 18.9 Å². The molecule has 3 atom stereocenters. The molecule has 170 valence electrons. The van der Waals surface area contributed by atoms with Gasteiger partial charge in [-0.15, -0.1) is 0 Å². The van der Waals surface area contributed by atoms with Crippen molar-refractivity contribution >= 4 is 28.1 Å². The summed E-state index contributed by atoms with van der Waals surface area (Å²) in [6.45, 7) is 3.28. The molecule has 1 aliphatic carbocycles. The molecule has 0 amide bonds. The van der Waals surface area contributed by atoms with Crippen molar-refractivity contribution in [2.45, 2.75) is 50.4 Å². The summed E-state index contributed by atoms with van der Waals surface area (Å²) in [6, 6.07) is 5.38. The molecule has 0 radical (unpaired) electrons. The zero-order valence-electron chi connectivity index (χ0n) is 17.1. The van der Waals surface area contributed by atoms with Crippen LogP contribution in [0.15, 0.2) is 39.6 Å². The highest BCUT2D eigenvalue weighted by Gasteiger charge is 2.62. The second-order valence-corrected chi connectivity index (χ2v) is 8.43. The quantitative estimate of drug-likeness (QED) is 0.489. The lowest BCUT2D eigenvalue weighted by atomic mass is 9.69. The number of hydrogen-bond acceptors (Lipinski definition) is 6. The first-order valence-corrected chi connectivity index (χ1v) is 10.3. The number of nitrogens with zero attached hydrogens (tertiary/aromatic N) is 1. The van der Waals surface area contributed by atoms with Crippen molar-refractivity contribution in [3.05, 3.63) is 62.6 Å². The summed E-state index contributed by atoms with van der Waals surface area (Å²) >= 11 is 6.03. The molecule has 0 spiro atoms. The summed E-state index contributed by atoms with van der Waals surface area (Å²) in [5.74, 6) is -1.04. The molecule has 4 rings (SSSR count). The van der Waals surface area contributed by atoms with Crippen LogP contribution in [0.5, 0.6) is 5.75 Å². The van der Waals surface area contributed by atoms with Gasteiger partial charge in [-0.1, -0.05) is 29.7 Å². The molecule has 1 heterocycles. The maximum Gasteiger partial charge on any atom is 0.419 e. The van der Waals surface area contributed by atoms with E-state index in [1.807, 2.05) is 0 Å². The van der Waals surface area contributed by atoms with Crippen LogP contribution in [0.3, 0.4) is 0 Å². The van der Waals surface area contributed by atoms with Gasteiger partial charge < -0.3 is 20.1 Å². The number of benzene rings is 2. The molecule has 32 heavy (non-hydrogen) atoms. The Morgan fingerprint density at radius 2 is 2.00 bits per heavy atom. The van der Waals surface area contributed by atoms with Gasteiger partial charge >= 0.3 is 11.8 Å². The van der Waals surface area contributed by atoms with Gasteiger partial charge in [-0.3, -0.25) is 0 Å². The van der Waals surface area contributed by atoms with E-state index in [-0.39, 0.29) is 39.4 Å². The summed E-state index contributed by atoms with van der Waals surface area (Å²) < 4.78 is 47.2. The van der Waals surface area contributed by atoms with Crippen LogP contribution in [0.2, 0.25) is 5.02 Å². The predicted molar refractivity (Wildman–Crippen MR) is 113 cm³/mol. The highest BCUT2D eigenvalue weighted by Crippen LogP contribution is 2.55. The number of anilines is 1. The lowest BCUT2D eigenvalue weighted by Crippen LogP contribution is -2.55. The molecule has 0 saturated heterocycles. The third kappa shape index (κ3) is 3.40. The van der Waals surface area contributed by atoms with Crippen molar-refractivity contribution in [3.8, 4) is 5.75 Å². The Balaban J connectivity index is 1.90. The molecule has 2 aromatic carbocycles. The molecular weight excluding hydrogens is 449 g/mol. The fourth-order valence-electron chi connectivity index (χ4n) is 4.44. The van der Waals surface area contributed by atoms with Gasteiger partial charge in [0.15, 0.2) is 5.60 Å². The molecule has 6 nitrogen and oxygen atoms in total. The Morgan fingerprint density at radius 3 is 2.66 bits per heavy atom. The second-order valence-electron chi connectivity index (χ2n) is 8.02.